The molecule has 3 heterocycles. The highest BCUT2D eigenvalue weighted by atomic mass is 19.4. The fourth-order valence-electron chi connectivity index (χ4n) is 3.31. The van der Waals surface area contributed by atoms with E-state index >= 15 is 0 Å². The van der Waals surface area contributed by atoms with E-state index in [4.69, 9.17) is 0 Å². The van der Waals surface area contributed by atoms with E-state index in [1.807, 2.05) is 4.90 Å². The number of H-pyrrole nitrogens is 1. The third kappa shape index (κ3) is 4.79. The Balaban J connectivity index is 1.31. The van der Waals surface area contributed by atoms with E-state index in [2.05, 4.69) is 25.3 Å². The van der Waals surface area contributed by atoms with Crippen LogP contribution in [-0.4, -0.2) is 74.3 Å². The summed E-state index contributed by atoms with van der Waals surface area (Å²) in [6, 6.07) is 4.32. The summed E-state index contributed by atoms with van der Waals surface area (Å²) in [5.74, 6) is -1.59. The molecule has 1 fully saturated rings. The van der Waals surface area contributed by atoms with Gasteiger partial charge in [0.2, 0.25) is 11.7 Å². The number of carbonyl (C=O) groups is 2. The number of anilines is 1. The lowest BCUT2D eigenvalue weighted by Crippen LogP contribution is -2.50. The Kier molecular flexibility index (Phi) is 5.55. The molecule has 0 radical (unpaired) electrons. The van der Waals surface area contributed by atoms with Gasteiger partial charge >= 0.3 is 6.18 Å². The van der Waals surface area contributed by atoms with Gasteiger partial charge < -0.3 is 15.2 Å². The van der Waals surface area contributed by atoms with Crippen molar-refractivity contribution in [3.05, 3.63) is 48.3 Å². The number of imidazole rings is 1. The molecule has 0 bridgehead atoms. The van der Waals surface area contributed by atoms with Crippen molar-refractivity contribution >= 4 is 28.5 Å². The number of halogens is 3. The Labute approximate surface area is 174 Å². The zero-order valence-electron chi connectivity index (χ0n) is 16.2. The average Bonchev–Trinajstić information content (AvgIpc) is 3.18. The number of benzene rings is 1. The number of rotatable bonds is 4. The average molecular weight is 433 g/mol. The molecule has 2 N–H and O–H groups in total. The van der Waals surface area contributed by atoms with E-state index in [-0.39, 0.29) is 35.1 Å². The molecule has 0 atom stereocenters. The van der Waals surface area contributed by atoms with Crippen LogP contribution in [0.15, 0.2) is 36.8 Å². The number of amides is 2. The van der Waals surface area contributed by atoms with Crippen molar-refractivity contribution < 1.29 is 22.8 Å². The Morgan fingerprint density at radius 1 is 1.13 bits per heavy atom. The molecule has 1 saturated heterocycles. The lowest BCUT2D eigenvalue weighted by atomic mass is 10.2. The number of fused-ring (bicyclic) bond motifs is 1. The Hall–Kier alpha value is -3.54. The highest BCUT2D eigenvalue weighted by molar-refractivity contribution is 5.94. The van der Waals surface area contributed by atoms with Crippen LogP contribution < -0.4 is 5.32 Å². The topological polar surface area (TPSA) is 107 Å². The molecule has 9 nitrogen and oxygen atoms in total. The minimum atomic E-state index is -4.57. The summed E-state index contributed by atoms with van der Waals surface area (Å²) in [5, 5.41) is 2.68. The minimum absolute atomic E-state index is 0.0992. The molecule has 0 spiro atoms. The Morgan fingerprint density at radius 3 is 2.58 bits per heavy atom. The molecule has 3 aromatic rings. The highest BCUT2D eigenvalue weighted by Gasteiger charge is 2.34. The van der Waals surface area contributed by atoms with Crippen molar-refractivity contribution in [1.29, 1.82) is 0 Å². The molecule has 4 rings (SSSR count). The lowest BCUT2D eigenvalue weighted by Gasteiger charge is -2.34. The van der Waals surface area contributed by atoms with E-state index in [0.29, 0.717) is 31.9 Å². The van der Waals surface area contributed by atoms with Gasteiger partial charge in [0, 0.05) is 44.3 Å². The third-order valence-electron chi connectivity index (χ3n) is 4.84. The van der Waals surface area contributed by atoms with Gasteiger partial charge in [-0.15, -0.1) is 0 Å². The van der Waals surface area contributed by atoms with Crippen molar-refractivity contribution in [2.75, 3.05) is 38.0 Å². The molecular formula is C19H18F3N7O2. The molecule has 2 aromatic heterocycles. The van der Waals surface area contributed by atoms with Crippen LogP contribution in [0.25, 0.3) is 11.0 Å². The van der Waals surface area contributed by atoms with Gasteiger partial charge in [0.1, 0.15) is 5.69 Å². The van der Waals surface area contributed by atoms with E-state index in [1.165, 1.54) is 36.8 Å². The second kappa shape index (κ2) is 8.30. The molecule has 0 saturated carbocycles. The summed E-state index contributed by atoms with van der Waals surface area (Å²) < 4.78 is 38.3. The summed E-state index contributed by atoms with van der Waals surface area (Å²) in [6.45, 7) is 2.01. The first-order valence-corrected chi connectivity index (χ1v) is 9.44. The van der Waals surface area contributed by atoms with Crippen molar-refractivity contribution in [2.45, 2.75) is 6.18 Å². The van der Waals surface area contributed by atoms with Gasteiger partial charge in [-0.1, -0.05) is 0 Å². The Bertz CT molecular complexity index is 1090. The third-order valence-corrected chi connectivity index (χ3v) is 4.84. The predicted octanol–water partition coefficient (Wildman–Crippen LogP) is 1.77. The first-order valence-electron chi connectivity index (χ1n) is 9.44. The molecule has 12 heteroatoms. The van der Waals surface area contributed by atoms with Gasteiger partial charge in [-0.3, -0.25) is 19.5 Å². The largest absolute Gasteiger partial charge is 0.449 e. The molecule has 1 aromatic carbocycles. The van der Waals surface area contributed by atoms with Crippen molar-refractivity contribution in [2.24, 2.45) is 0 Å². The maximum atomic E-state index is 12.8. The molecule has 1 aliphatic rings. The van der Waals surface area contributed by atoms with Crippen LogP contribution in [0, 0.1) is 0 Å². The summed E-state index contributed by atoms with van der Waals surface area (Å²) >= 11 is 0. The molecule has 0 unspecified atom stereocenters. The number of piperazine rings is 1. The van der Waals surface area contributed by atoms with E-state index in [0.717, 1.165) is 0 Å². The smallest absolute Gasteiger partial charge is 0.335 e. The summed E-state index contributed by atoms with van der Waals surface area (Å²) in [5.41, 5.74) is 0.985. The van der Waals surface area contributed by atoms with Crippen molar-refractivity contribution in [1.82, 2.24) is 29.7 Å². The molecule has 31 heavy (non-hydrogen) atoms. The van der Waals surface area contributed by atoms with Gasteiger partial charge in [0.05, 0.1) is 23.8 Å². The number of aromatic nitrogens is 4. The second-order valence-corrected chi connectivity index (χ2v) is 7.02. The van der Waals surface area contributed by atoms with Gasteiger partial charge in [-0.05, 0) is 18.2 Å². The van der Waals surface area contributed by atoms with Crippen LogP contribution in [0.4, 0.5) is 18.9 Å². The summed E-state index contributed by atoms with van der Waals surface area (Å²) in [7, 11) is 0. The summed E-state index contributed by atoms with van der Waals surface area (Å²) in [6.07, 6.45) is -0.208. The van der Waals surface area contributed by atoms with Gasteiger partial charge in [-0.25, -0.2) is 9.97 Å². The van der Waals surface area contributed by atoms with E-state index in [9.17, 15) is 22.8 Å². The fourth-order valence-corrected chi connectivity index (χ4v) is 3.31. The normalized spacial score (nSPS) is 15.3. The zero-order chi connectivity index (χ0) is 22.0. The summed E-state index contributed by atoms with van der Waals surface area (Å²) in [4.78, 5) is 41.9. The number of aromatic amines is 1. The van der Waals surface area contributed by atoms with Crippen molar-refractivity contribution in [3.8, 4) is 0 Å². The number of hydrogen-bond donors (Lipinski definition) is 2. The van der Waals surface area contributed by atoms with Crippen LogP contribution in [0.2, 0.25) is 0 Å². The van der Waals surface area contributed by atoms with Crippen LogP contribution in [0.5, 0.6) is 0 Å². The number of hydrogen-bond acceptors (Lipinski definition) is 6. The number of nitrogens with zero attached hydrogens (tertiary/aromatic N) is 5. The van der Waals surface area contributed by atoms with Gasteiger partial charge in [-0.2, -0.15) is 13.2 Å². The molecule has 1 aliphatic heterocycles. The first kappa shape index (κ1) is 20.7. The van der Waals surface area contributed by atoms with Gasteiger partial charge in [0.25, 0.3) is 5.91 Å². The van der Waals surface area contributed by atoms with E-state index in [1.54, 1.807) is 4.90 Å². The number of alkyl halides is 3. The Morgan fingerprint density at radius 2 is 1.90 bits per heavy atom. The van der Waals surface area contributed by atoms with Gasteiger partial charge in [0.15, 0.2) is 0 Å². The van der Waals surface area contributed by atoms with Crippen LogP contribution >= 0.6 is 0 Å². The molecule has 2 amide bonds. The second-order valence-electron chi connectivity index (χ2n) is 7.02. The standard InChI is InChI=1S/C19H18F3N7O2/c20-19(21,22)18-26-13-2-1-12(9-14(13)27-18)25-16(30)11-28-5-7-29(8-6-28)17(31)15-10-23-3-4-24-15/h1-4,9-10H,5-8,11H2,(H,25,30)(H,26,27). The maximum Gasteiger partial charge on any atom is 0.449 e. The molecule has 0 aliphatic carbocycles. The number of carbonyl (C=O) groups excluding carboxylic acids is 2. The SMILES string of the molecule is O=C(CN1CCN(C(=O)c2cnccn2)CC1)Nc1ccc2nc(C(F)(F)F)[nH]c2c1. The molecular weight excluding hydrogens is 415 g/mol. The lowest BCUT2D eigenvalue weighted by molar-refractivity contribution is -0.144. The quantitative estimate of drug-likeness (QED) is 0.650. The maximum absolute atomic E-state index is 12.8. The van der Waals surface area contributed by atoms with Crippen LogP contribution in [0.1, 0.15) is 16.3 Å². The molecule has 162 valence electrons. The van der Waals surface area contributed by atoms with E-state index < -0.39 is 12.0 Å². The fraction of sp³-hybridized carbons (Fsp3) is 0.316. The van der Waals surface area contributed by atoms with Crippen LogP contribution in [0.3, 0.4) is 0 Å². The first-order chi connectivity index (χ1) is 14.8. The zero-order valence-corrected chi connectivity index (χ0v) is 16.2. The number of nitrogens with one attached hydrogen (secondary N) is 2. The highest BCUT2D eigenvalue weighted by Crippen LogP contribution is 2.29. The predicted molar refractivity (Wildman–Crippen MR) is 104 cm³/mol. The monoisotopic (exact) mass is 433 g/mol. The minimum Gasteiger partial charge on any atom is -0.335 e. The van der Waals surface area contributed by atoms with Crippen molar-refractivity contribution in [3.63, 3.8) is 0 Å². The van der Waals surface area contributed by atoms with Crippen LogP contribution in [-0.2, 0) is 11.0 Å².